The molecule has 1 fully saturated rings. The van der Waals surface area contributed by atoms with Gasteiger partial charge in [0.2, 0.25) is 0 Å². The van der Waals surface area contributed by atoms with Gasteiger partial charge in [0.25, 0.3) is 0 Å². The zero-order valence-electron chi connectivity index (χ0n) is 18.4. The van der Waals surface area contributed by atoms with Crippen molar-refractivity contribution in [3.63, 3.8) is 0 Å². The van der Waals surface area contributed by atoms with Crippen molar-refractivity contribution in [2.75, 3.05) is 19.6 Å². The molecule has 0 amide bonds. The second-order valence-electron chi connectivity index (χ2n) is 8.37. The molecular weight excluding hydrogens is 421 g/mol. The summed E-state index contributed by atoms with van der Waals surface area (Å²) in [7, 11) is 1.60. The van der Waals surface area contributed by atoms with Crippen LogP contribution in [0.3, 0.4) is 0 Å². The standard InChI is InChI=1S/C25H24FN5O2/c1-30-20-15-28-19-13-18(26)21(24(32)22(19)23(20)29-25(30)33)16-8-9-17(27-14-16)7-3-6-12-31-10-4-2-5-11-31/h8-9,13-15,32H,2,4-6,10-12H2,1H3,(H,29,33). The van der Waals surface area contributed by atoms with Gasteiger partial charge in [-0.3, -0.25) is 9.55 Å². The monoisotopic (exact) mass is 445 g/mol. The quantitative estimate of drug-likeness (QED) is 0.471. The van der Waals surface area contributed by atoms with Crippen molar-refractivity contribution in [2.45, 2.75) is 25.7 Å². The highest BCUT2D eigenvalue weighted by atomic mass is 19.1. The van der Waals surface area contributed by atoms with Gasteiger partial charge >= 0.3 is 5.69 Å². The van der Waals surface area contributed by atoms with E-state index in [1.807, 2.05) is 0 Å². The van der Waals surface area contributed by atoms with Crippen molar-refractivity contribution in [3.05, 3.63) is 52.6 Å². The van der Waals surface area contributed by atoms with Gasteiger partial charge in [-0.1, -0.05) is 12.3 Å². The molecule has 3 aromatic heterocycles. The Labute approximate surface area is 189 Å². The lowest BCUT2D eigenvalue weighted by Gasteiger charge is -2.25. The smallest absolute Gasteiger partial charge is 0.326 e. The molecule has 1 aromatic carbocycles. The molecule has 0 unspecified atom stereocenters. The minimum Gasteiger partial charge on any atom is -0.506 e. The zero-order chi connectivity index (χ0) is 22.9. The number of benzene rings is 1. The highest BCUT2D eigenvalue weighted by molar-refractivity contribution is 6.08. The first-order valence-corrected chi connectivity index (χ1v) is 11.1. The number of halogens is 1. The molecule has 1 aliphatic heterocycles. The Hall–Kier alpha value is -3.70. The van der Waals surface area contributed by atoms with Gasteiger partial charge in [-0.05, 0) is 44.0 Å². The number of likely N-dealkylation sites (tertiary alicyclic amines) is 1. The number of piperidine rings is 1. The first-order chi connectivity index (χ1) is 16.0. The van der Waals surface area contributed by atoms with Crippen molar-refractivity contribution in [1.29, 1.82) is 0 Å². The number of nitrogens with one attached hydrogen (secondary N) is 1. The lowest BCUT2D eigenvalue weighted by Crippen LogP contribution is -2.30. The molecule has 5 rings (SSSR count). The normalized spacial score (nSPS) is 14.5. The molecule has 7 nitrogen and oxygen atoms in total. The van der Waals surface area contributed by atoms with Crippen molar-refractivity contribution in [2.24, 2.45) is 7.05 Å². The predicted octanol–water partition coefficient (Wildman–Crippen LogP) is 3.55. The molecule has 0 radical (unpaired) electrons. The minimum absolute atomic E-state index is 0.0126. The fourth-order valence-electron chi connectivity index (χ4n) is 4.42. The van der Waals surface area contributed by atoms with Crippen LogP contribution in [0.15, 0.2) is 35.4 Å². The van der Waals surface area contributed by atoms with Crippen molar-refractivity contribution < 1.29 is 9.50 Å². The van der Waals surface area contributed by atoms with Crippen molar-refractivity contribution in [3.8, 4) is 28.7 Å². The van der Waals surface area contributed by atoms with Crippen LogP contribution in [0.2, 0.25) is 0 Å². The van der Waals surface area contributed by atoms with E-state index in [-0.39, 0.29) is 22.5 Å². The number of nitrogens with zero attached hydrogens (tertiary/aromatic N) is 4. The number of fused-ring (bicyclic) bond motifs is 3. The Morgan fingerprint density at radius 2 is 2.00 bits per heavy atom. The van der Waals surface area contributed by atoms with Crippen LogP contribution in [0.5, 0.6) is 5.75 Å². The van der Waals surface area contributed by atoms with Crippen LogP contribution < -0.4 is 5.69 Å². The molecule has 8 heteroatoms. The highest BCUT2D eigenvalue weighted by Crippen LogP contribution is 2.39. The van der Waals surface area contributed by atoms with Crippen LogP contribution >= 0.6 is 0 Å². The number of hydrogen-bond acceptors (Lipinski definition) is 5. The van der Waals surface area contributed by atoms with Gasteiger partial charge < -0.3 is 15.0 Å². The molecule has 33 heavy (non-hydrogen) atoms. The van der Waals surface area contributed by atoms with E-state index in [1.54, 1.807) is 19.2 Å². The van der Waals surface area contributed by atoms with E-state index in [9.17, 15) is 14.3 Å². The summed E-state index contributed by atoms with van der Waals surface area (Å²) in [4.78, 5) is 25.8. The summed E-state index contributed by atoms with van der Waals surface area (Å²) in [5.74, 6) is 5.32. The van der Waals surface area contributed by atoms with Crippen LogP contribution in [0.25, 0.3) is 33.1 Å². The molecule has 0 atom stereocenters. The second-order valence-corrected chi connectivity index (χ2v) is 8.37. The largest absolute Gasteiger partial charge is 0.506 e. The van der Waals surface area contributed by atoms with Crippen LogP contribution in [0.1, 0.15) is 31.4 Å². The maximum absolute atomic E-state index is 14.9. The van der Waals surface area contributed by atoms with Gasteiger partial charge in [-0.2, -0.15) is 0 Å². The molecular formula is C25H24FN5O2. The summed E-state index contributed by atoms with van der Waals surface area (Å²) in [5, 5.41) is 11.3. The average molecular weight is 445 g/mol. The number of pyridine rings is 2. The molecule has 168 valence electrons. The highest BCUT2D eigenvalue weighted by Gasteiger charge is 2.20. The van der Waals surface area contributed by atoms with Gasteiger partial charge in [-0.15, -0.1) is 0 Å². The van der Waals surface area contributed by atoms with E-state index in [1.165, 1.54) is 42.3 Å². The molecule has 4 heterocycles. The van der Waals surface area contributed by atoms with Gasteiger partial charge in [0, 0.05) is 37.8 Å². The van der Waals surface area contributed by atoms with E-state index in [0.29, 0.717) is 27.7 Å². The minimum atomic E-state index is -0.618. The fraction of sp³-hybridized carbons (Fsp3) is 0.320. The number of aromatic nitrogens is 4. The maximum atomic E-state index is 14.9. The van der Waals surface area contributed by atoms with E-state index in [2.05, 4.69) is 31.7 Å². The SMILES string of the molecule is Cn1c(=O)[nH]c2c3c(O)c(-c4ccc(C#CCCN5CCCCC5)nc4)c(F)cc3ncc21. The fourth-order valence-corrected chi connectivity index (χ4v) is 4.42. The number of imidazole rings is 1. The van der Waals surface area contributed by atoms with Gasteiger partial charge in [-0.25, -0.2) is 14.2 Å². The molecule has 0 spiro atoms. The predicted molar refractivity (Wildman–Crippen MR) is 125 cm³/mol. The van der Waals surface area contributed by atoms with Gasteiger partial charge in [0.05, 0.1) is 33.7 Å². The Kier molecular flexibility index (Phi) is 5.56. The summed E-state index contributed by atoms with van der Waals surface area (Å²) >= 11 is 0. The summed E-state index contributed by atoms with van der Waals surface area (Å²) in [6.07, 6.45) is 7.60. The lowest BCUT2D eigenvalue weighted by molar-refractivity contribution is 0.234. The Morgan fingerprint density at radius 1 is 1.18 bits per heavy atom. The molecule has 0 bridgehead atoms. The van der Waals surface area contributed by atoms with E-state index >= 15 is 0 Å². The number of phenolic OH excluding ortho intramolecular Hbond substituents is 1. The van der Waals surface area contributed by atoms with E-state index in [4.69, 9.17) is 0 Å². The first kappa shape index (κ1) is 21.2. The Bertz CT molecular complexity index is 1450. The third-order valence-electron chi connectivity index (χ3n) is 6.23. The van der Waals surface area contributed by atoms with Gasteiger partial charge in [0.1, 0.15) is 17.3 Å². The maximum Gasteiger partial charge on any atom is 0.326 e. The second kappa shape index (κ2) is 8.68. The van der Waals surface area contributed by atoms with Crippen LogP contribution in [0, 0.1) is 17.7 Å². The van der Waals surface area contributed by atoms with Crippen molar-refractivity contribution in [1.82, 2.24) is 24.4 Å². The summed E-state index contributed by atoms with van der Waals surface area (Å²) < 4.78 is 16.3. The molecule has 1 aliphatic rings. The number of phenols is 1. The van der Waals surface area contributed by atoms with Crippen molar-refractivity contribution >= 4 is 21.9 Å². The topological polar surface area (TPSA) is 87.0 Å². The van der Waals surface area contributed by atoms with Crippen LogP contribution in [-0.4, -0.2) is 49.2 Å². The van der Waals surface area contributed by atoms with Gasteiger partial charge in [0.15, 0.2) is 0 Å². The number of H-pyrrole nitrogens is 1. The Balaban J connectivity index is 1.44. The number of rotatable bonds is 3. The van der Waals surface area contributed by atoms with Crippen LogP contribution in [-0.2, 0) is 7.05 Å². The van der Waals surface area contributed by atoms with E-state index < -0.39 is 5.82 Å². The summed E-state index contributed by atoms with van der Waals surface area (Å²) in [6.45, 7) is 3.26. The van der Waals surface area contributed by atoms with Crippen LogP contribution in [0.4, 0.5) is 4.39 Å². The molecule has 0 aliphatic carbocycles. The third-order valence-corrected chi connectivity index (χ3v) is 6.23. The molecule has 2 N–H and O–H groups in total. The molecule has 1 saturated heterocycles. The first-order valence-electron chi connectivity index (χ1n) is 11.1. The summed E-state index contributed by atoms with van der Waals surface area (Å²) in [6, 6.07) is 4.66. The Morgan fingerprint density at radius 3 is 2.76 bits per heavy atom. The molecule has 0 saturated carbocycles. The summed E-state index contributed by atoms with van der Waals surface area (Å²) in [5.41, 5.74) is 1.87. The number of hydrogen-bond donors (Lipinski definition) is 2. The lowest BCUT2D eigenvalue weighted by atomic mass is 10.0. The number of aromatic amines is 1. The zero-order valence-corrected chi connectivity index (χ0v) is 18.4. The molecule has 4 aromatic rings. The third kappa shape index (κ3) is 3.96. The van der Waals surface area contributed by atoms with E-state index in [0.717, 1.165) is 26.1 Å². The number of aromatic hydroxyl groups is 1. The number of aryl methyl sites for hydroxylation is 1. The average Bonchev–Trinajstić information content (AvgIpc) is 3.11.